The van der Waals surface area contributed by atoms with Gasteiger partial charge in [-0.2, -0.15) is 13.2 Å². The van der Waals surface area contributed by atoms with E-state index < -0.39 is 48.4 Å². The van der Waals surface area contributed by atoms with E-state index in [4.69, 9.17) is 9.47 Å². The molecule has 2 nitrogen and oxygen atoms in total. The van der Waals surface area contributed by atoms with E-state index in [-0.39, 0.29) is 36.7 Å². The summed E-state index contributed by atoms with van der Waals surface area (Å²) in [7, 11) is 0. The average Bonchev–Trinajstić information content (AvgIpc) is 3.28. The monoisotopic (exact) mass is 428 g/mol. The zero-order valence-electron chi connectivity index (χ0n) is 17.2. The highest BCUT2D eigenvalue weighted by Crippen LogP contribution is 2.77. The van der Waals surface area contributed by atoms with Crippen molar-refractivity contribution in [1.29, 1.82) is 0 Å². The molecular formula is C21H30F6O2. The van der Waals surface area contributed by atoms with Gasteiger partial charge in [0.2, 0.25) is 0 Å². The predicted molar refractivity (Wildman–Crippen MR) is 93.9 cm³/mol. The number of fused-ring (bicyclic) bond motifs is 9. The van der Waals surface area contributed by atoms with E-state index in [0.717, 1.165) is 6.42 Å². The lowest BCUT2D eigenvalue weighted by molar-refractivity contribution is -0.317. The van der Waals surface area contributed by atoms with Gasteiger partial charge in [-0.3, -0.25) is 0 Å². The van der Waals surface area contributed by atoms with Gasteiger partial charge < -0.3 is 9.47 Å². The molecular weight excluding hydrogens is 398 g/mol. The zero-order chi connectivity index (χ0) is 21.6. The largest absolute Gasteiger partial charge is 0.417 e. The van der Waals surface area contributed by atoms with Crippen molar-refractivity contribution in [2.24, 2.45) is 47.3 Å². The third-order valence-corrected chi connectivity index (χ3v) is 9.06. The lowest BCUT2D eigenvalue weighted by Crippen LogP contribution is -2.62. The molecule has 4 aliphatic carbocycles. The molecule has 0 N–H and O–H groups in total. The van der Waals surface area contributed by atoms with Gasteiger partial charge in [0.25, 0.3) is 5.92 Å². The molecule has 0 spiro atoms. The Bertz CT molecular complexity index is 654. The molecule has 0 heterocycles. The Morgan fingerprint density at radius 3 is 2.00 bits per heavy atom. The molecule has 4 rings (SSSR count). The second kappa shape index (κ2) is 6.50. The molecule has 4 aliphatic rings. The fourth-order valence-corrected chi connectivity index (χ4v) is 7.50. The van der Waals surface area contributed by atoms with Crippen LogP contribution in [0.4, 0.5) is 26.3 Å². The van der Waals surface area contributed by atoms with Crippen LogP contribution in [0.1, 0.15) is 47.0 Å². The third kappa shape index (κ3) is 2.69. The summed E-state index contributed by atoms with van der Waals surface area (Å²) in [5.74, 6) is -5.65. The van der Waals surface area contributed by atoms with E-state index in [2.05, 4.69) is 13.8 Å². The molecule has 4 saturated carbocycles. The first-order valence-corrected chi connectivity index (χ1v) is 10.6. The Morgan fingerprint density at radius 2 is 1.48 bits per heavy atom. The zero-order valence-corrected chi connectivity index (χ0v) is 17.2. The molecule has 8 heteroatoms. The summed E-state index contributed by atoms with van der Waals surface area (Å²) in [6.45, 7) is 5.78. The van der Waals surface area contributed by atoms with E-state index in [1.165, 1.54) is 0 Å². The molecule has 168 valence electrons. The van der Waals surface area contributed by atoms with Gasteiger partial charge in [0.1, 0.15) is 6.79 Å². The maximum Gasteiger partial charge on any atom is 0.417 e. The summed E-state index contributed by atoms with van der Waals surface area (Å²) in [6, 6.07) is 0. The Balaban J connectivity index is 1.65. The minimum absolute atomic E-state index is 0.0231. The van der Waals surface area contributed by atoms with Crippen molar-refractivity contribution in [2.75, 3.05) is 13.4 Å². The molecule has 4 fully saturated rings. The lowest BCUT2D eigenvalue weighted by atomic mass is 9.59. The molecule has 10 atom stereocenters. The Hall–Kier alpha value is -0.500. The van der Waals surface area contributed by atoms with Gasteiger partial charge in [-0.05, 0) is 62.2 Å². The SMILES string of the molecule is CCOCOC(C)(CC1(F)C2CC(C3C4CC(C(C)C4C)C32)C1(F)F)C(F)(F)F. The first kappa shape index (κ1) is 21.7. The molecule has 0 aromatic carbocycles. The molecule has 0 amide bonds. The van der Waals surface area contributed by atoms with E-state index in [0.29, 0.717) is 18.8 Å². The van der Waals surface area contributed by atoms with E-state index in [9.17, 15) is 13.2 Å². The van der Waals surface area contributed by atoms with E-state index >= 15 is 13.2 Å². The van der Waals surface area contributed by atoms with Gasteiger partial charge >= 0.3 is 6.18 Å². The van der Waals surface area contributed by atoms with Crippen LogP contribution in [0.5, 0.6) is 0 Å². The Labute approximate surface area is 167 Å². The summed E-state index contributed by atoms with van der Waals surface area (Å²) in [6.07, 6.45) is -5.61. The number of ether oxygens (including phenoxy) is 2. The first-order valence-electron chi connectivity index (χ1n) is 10.6. The number of alkyl halides is 6. The molecule has 29 heavy (non-hydrogen) atoms. The van der Waals surface area contributed by atoms with Crippen LogP contribution in [-0.4, -0.2) is 36.8 Å². The molecule has 0 saturated heterocycles. The highest BCUT2D eigenvalue weighted by Gasteiger charge is 2.82. The summed E-state index contributed by atoms with van der Waals surface area (Å²) in [5, 5.41) is 0. The lowest BCUT2D eigenvalue weighted by Gasteiger charge is -2.51. The average molecular weight is 428 g/mol. The molecule has 10 unspecified atom stereocenters. The van der Waals surface area contributed by atoms with Crippen LogP contribution >= 0.6 is 0 Å². The van der Waals surface area contributed by atoms with Crippen LogP contribution in [0, 0.1) is 47.3 Å². The van der Waals surface area contributed by atoms with Crippen molar-refractivity contribution in [1.82, 2.24) is 0 Å². The van der Waals surface area contributed by atoms with Gasteiger partial charge in [-0.1, -0.05) is 13.8 Å². The van der Waals surface area contributed by atoms with Gasteiger partial charge in [0.15, 0.2) is 11.3 Å². The Morgan fingerprint density at radius 1 is 0.931 bits per heavy atom. The number of hydrogen-bond acceptors (Lipinski definition) is 2. The summed E-state index contributed by atoms with van der Waals surface area (Å²) in [5.41, 5.74) is -6.25. The normalized spacial score (nSPS) is 49.4. The highest BCUT2D eigenvalue weighted by molar-refractivity contribution is 5.25. The van der Waals surface area contributed by atoms with E-state index in [1.807, 2.05) is 0 Å². The molecule has 0 aromatic rings. The fraction of sp³-hybridized carbons (Fsp3) is 1.00. The van der Waals surface area contributed by atoms with Crippen LogP contribution in [0.15, 0.2) is 0 Å². The summed E-state index contributed by atoms with van der Waals surface area (Å²) in [4.78, 5) is 0. The van der Waals surface area contributed by atoms with Crippen LogP contribution in [0.25, 0.3) is 0 Å². The molecule has 4 bridgehead atoms. The standard InChI is InChI=1S/C21H30F6O2/c1-5-28-9-29-18(4,21(25,26)27)8-19(22)14-7-15(20(19,23)24)17-13-6-12(16(14)17)10(2)11(13)3/h10-17H,5-9H2,1-4H3. The van der Waals surface area contributed by atoms with Crippen molar-refractivity contribution in [3.63, 3.8) is 0 Å². The highest BCUT2D eigenvalue weighted by atomic mass is 19.4. The summed E-state index contributed by atoms with van der Waals surface area (Å²) < 4.78 is 97.9. The van der Waals surface area contributed by atoms with Crippen molar-refractivity contribution < 1.29 is 35.8 Å². The minimum Gasteiger partial charge on any atom is -0.356 e. The van der Waals surface area contributed by atoms with Crippen LogP contribution in [0.3, 0.4) is 0 Å². The summed E-state index contributed by atoms with van der Waals surface area (Å²) >= 11 is 0. The van der Waals surface area contributed by atoms with E-state index in [1.54, 1.807) is 6.92 Å². The van der Waals surface area contributed by atoms with Crippen LogP contribution < -0.4 is 0 Å². The van der Waals surface area contributed by atoms with Crippen molar-refractivity contribution in [3.05, 3.63) is 0 Å². The second-order valence-corrected chi connectivity index (χ2v) is 10.0. The van der Waals surface area contributed by atoms with Gasteiger partial charge in [0, 0.05) is 24.9 Å². The van der Waals surface area contributed by atoms with Gasteiger partial charge in [-0.15, -0.1) is 0 Å². The van der Waals surface area contributed by atoms with Crippen molar-refractivity contribution in [3.8, 4) is 0 Å². The third-order valence-electron chi connectivity index (χ3n) is 9.06. The molecule has 0 aromatic heterocycles. The van der Waals surface area contributed by atoms with Gasteiger partial charge in [0.05, 0.1) is 0 Å². The minimum atomic E-state index is -4.99. The number of halogens is 6. The maximum atomic E-state index is 16.1. The quantitative estimate of drug-likeness (QED) is 0.229. The molecule has 0 aliphatic heterocycles. The molecule has 0 radical (unpaired) electrons. The van der Waals surface area contributed by atoms with Crippen molar-refractivity contribution >= 4 is 0 Å². The Kier molecular flexibility index (Phi) is 4.87. The number of rotatable bonds is 6. The smallest absolute Gasteiger partial charge is 0.356 e. The topological polar surface area (TPSA) is 18.5 Å². The van der Waals surface area contributed by atoms with Crippen LogP contribution in [0.2, 0.25) is 0 Å². The fourth-order valence-electron chi connectivity index (χ4n) is 7.50. The van der Waals surface area contributed by atoms with Crippen LogP contribution in [-0.2, 0) is 9.47 Å². The van der Waals surface area contributed by atoms with Gasteiger partial charge in [-0.25, -0.2) is 13.2 Å². The predicted octanol–water partition coefficient (Wildman–Crippen LogP) is 5.86. The number of hydrogen-bond donors (Lipinski definition) is 0. The maximum absolute atomic E-state index is 16.1. The first-order chi connectivity index (χ1) is 13.3. The van der Waals surface area contributed by atoms with Crippen molar-refractivity contribution in [2.45, 2.75) is 70.3 Å². The second-order valence-electron chi connectivity index (χ2n) is 10.0.